The van der Waals surface area contributed by atoms with Crippen LogP contribution in [0.1, 0.15) is 57.9 Å². The van der Waals surface area contributed by atoms with Gasteiger partial charge in [-0.25, -0.2) is 0 Å². The van der Waals surface area contributed by atoms with E-state index >= 15 is 0 Å². The molecular weight excluding hydrogens is 254 g/mol. The van der Waals surface area contributed by atoms with Gasteiger partial charge in [0.1, 0.15) is 0 Å². The highest BCUT2D eigenvalue weighted by molar-refractivity contribution is 6.30. The van der Waals surface area contributed by atoms with Gasteiger partial charge in [-0.3, -0.25) is 0 Å². The normalized spacial score (nSPS) is 17.5. The Morgan fingerprint density at radius 3 is 2.37 bits per heavy atom. The van der Waals surface area contributed by atoms with Crippen LogP contribution in [0.3, 0.4) is 0 Å². The van der Waals surface area contributed by atoms with Gasteiger partial charge in [0.05, 0.1) is 0 Å². The fraction of sp³-hybridized carbons (Fsp3) is 0.647. The average Bonchev–Trinajstić information content (AvgIpc) is 3.13. The lowest BCUT2D eigenvalue weighted by Gasteiger charge is -2.24. The Morgan fingerprint density at radius 2 is 1.84 bits per heavy atom. The summed E-state index contributed by atoms with van der Waals surface area (Å²) >= 11 is 5.99. The molecule has 0 spiro atoms. The van der Waals surface area contributed by atoms with Crippen molar-refractivity contribution in [3.8, 4) is 0 Å². The van der Waals surface area contributed by atoms with E-state index in [0.29, 0.717) is 11.3 Å². The van der Waals surface area contributed by atoms with Crippen molar-refractivity contribution in [3.05, 3.63) is 34.9 Å². The Morgan fingerprint density at radius 1 is 1.21 bits per heavy atom. The summed E-state index contributed by atoms with van der Waals surface area (Å²) in [5.41, 5.74) is 1.83. The lowest BCUT2D eigenvalue weighted by Crippen LogP contribution is -2.24. The molecule has 0 aromatic heterocycles. The molecule has 1 nitrogen and oxygen atoms in total. The quantitative estimate of drug-likeness (QED) is 0.772. The van der Waals surface area contributed by atoms with Crippen LogP contribution >= 0.6 is 11.6 Å². The van der Waals surface area contributed by atoms with E-state index in [1.807, 2.05) is 12.1 Å². The van der Waals surface area contributed by atoms with Gasteiger partial charge in [0, 0.05) is 17.6 Å². The number of hydrogen-bond donors (Lipinski definition) is 1. The molecule has 1 aliphatic carbocycles. The van der Waals surface area contributed by atoms with Crippen LogP contribution in [0.4, 0.5) is 0 Å². The lowest BCUT2D eigenvalue weighted by atomic mass is 9.84. The Balaban J connectivity index is 1.97. The van der Waals surface area contributed by atoms with Crippen LogP contribution in [0.15, 0.2) is 24.3 Å². The first-order valence-corrected chi connectivity index (χ1v) is 7.81. The average molecular weight is 280 g/mol. The Bertz CT molecular complexity index is 387. The number of benzene rings is 1. The third kappa shape index (κ3) is 5.54. The minimum absolute atomic E-state index is 0.407. The van der Waals surface area contributed by atoms with E-state index in [2.05, 4.69) is 38.2 Å². The summed E-state index contributed by atoms with van der Waals surface area (Å²) in [6, 6.07) is 9.18. The van der Waals surface area contributed by atoms with Crippen LogP contribution in [0, 0.1) is 5.41 Å². The number of nitrogens with one attached hydrogen (secondary N) is 1. The number of halogens is 1. The summed E-state index contributed by atoms with van der Waals surface area (Å²) < 4.78 is 0. The van der Waals surface area contributed by atoms with Crippen molar-refractivity contribution in [3.63, 3.8) is 0 Å². The van der Waals surface area contributed by atoms with E-state index in [9.17, 15) is 0 Å². The molecule has 1 aromatic carbocycles. The molecule has 106 valence electrons. The Hall–Kier alpha value is -0.530. The predicted molar refractivity (Wildman–Crippen MR) is 83.9 cm³/mol. The van der Waals surface area contributed by atoms with Gasteiger partial charge in [-0.15, -0.1) is 0 Å². The molecule has 1 atom stereocenters. The summed E-state index contributed by atoms with van der Waals surface area (Å²) in [6.45, 7) is 8.06. The molecule has 0 heterocycles. The highest BCUT2D eigenvalue weighted by Gasteiger charge is 2.23. The van der Waals surface area contributed by atoms with Crippen molar-refractivity contribution in [2.24, 2.45) is 5.41 Å². The van der Waals surface area contributed by atoms with Crippen LogP contribution < -0.4 is 5.32 Å². The molecule has 0 aliphatic heterocycles. The number of rotatable bonds is 6. The summed E-state index contributed by atoms with van der Waals surface area (Å²) in [4.78, 5) is 0. The first-order valence-electron chi connectivity index (χ1n) is 7.43. The summed E-state index contributed by atoms with van der Waals surface area (Å²) in [5.74, 6) is 0.608. The molecule has 2 heteroatoms. The van der Waals surface area contributed by atoms with Gasteiger partial charge in [0.15, 0.2) is 0 Å². The minimum atomic E-state index is 0.407. The molecule has 0 amide bonds. The molecule has 0 radical (unpaired) electrons. The van der Waals surface area contributed by atoms with Gasteiger partial charge < -0.3 is 5.32 Å². The van der Waals surface area contributed by atoms with Crippen molar-refractivity contribution in [1.29, 1.82) is 0 Å². The van der Waals surface area contributed by atoms with Crippen LogP contribution in [0.2, 0.25) is 5.02 Å². The van der Waals surface area contributed by atoms with Crippen LogP contribution in [-0.4, -0.2) is 12.6 Å². The van der Waals surface area contributed by atoms with Gasteiger partial charge in [-0.05, 0) is 54.7 Å². The second kappa shape index (κ2) is 6.28. The van der Waals surface area contributed by atoms with Crippen molar-refractivity contribution in [2.45, 2.75) is 58.4 Å². The zero-order chi connectivity index (χ0) is 13.9. The van der Waals surface area contributed by atoms with Gasteiger partial charge in [-0.2, -0.15) is 0 Å². The third-order valence-corrected chi connectivity index (χ3v) is 4.07. The third-order valence-electron chi connectivity index (χ3n) is 3.81. The monoisotopic (exact) mass is 279 g/mol. The first-order chi connectivity index (χ1) is 8.94. The Kier molecular flexibility index (Phi) is 4.92. The maximum absolute atomic E-state index is 5.99. The van der Waals surface area contributed by atoms with Crippen LogP contribution in [-0.2, 0) is 0 Å². The minimum Gasteiger partial charge on any atom is -0.313 e. The fourth-order valence-corrected chi connectivity index (χ4v) is 2.45. The topological polar surface area (TPSA) is 12.0 Å². The van der Waals surface area contributed by atoms with Crippen molar-refractivity contribution >= 4 is 11.6 Å². The summed E-state index contributed by atoms with van der Waals surface area (Å²) in [5, 5.41) is 4.50. The van der Waals surface area contributed by atoms with E-state index < -0.39 is 0 Å². The lowest BCUT2D eigenvalue weighted by molar-refractivity contribution is 0.344. The molecule has 1 N–H and O–H groups in total. The van der Waals surface area contributed by atoms with Gasteiger partial charge in [0.2, 0.25) is 0 Å². The zero-order valence-corrected chi connectivity index (χ0v) is 13.1. The fourth-order valence-electron chi connectivity index (χ4n) is 2.33. The molecule has 1 unspecified atom stereocenters. The largest absolute Gasteiger partial charge is 0.313 e. The van der Waals surface area contributed by atoms with Gasteiger partial charge >= 0.3 is 0 Å². The van der Waals surface area contributed by atoms with E-state index in [1.165, 1.54) is 31.2 Å². The standard InChI is InChI=1S/C17H26ClN/c1-17(2,3)11-10-14(12-19-16-8-9-16)13-4-6-15(18)7-5-13/h4-7,14,16,19H,8-12H2,1-3H3. The van der Waals surface area contributed by atoms with E-state index in [1.54, 1.807) is 0 Å². The highest BCUT2D eigenvalue weighted by atomic mass is 35.5. The smallest absolute Gasteiger partial charge is 0.0406 e. The zero-order valence-electron chi connectivity index (χ0n) is 12.4. The van der Waals surface area contributed by atoms with Gasteiger partial charge in [0.25, 0.3) is 0 Å². The van der Waals surface area contributed by atoms with Gasteiger partial charge in [-0.1, -0.05) is 44.5 Å². The van der Waals surface area contributed by atoms with Crippen molar-refractivity contribution in [1.82, 2.24) is 5.32 Å². The number of hydrogen-bond acceptors (Lipinski definition) is 1. The van der Waals surface area contributed by atoms with Crippen molar-refractivity contribution < 1.29 is 0 Å². The predicted octanol–water partition coefficient (Wildman–Crippen LogP) is 5.00. The maximum Gasteiger partial charge on any atom is 0.0406 e. The van der Waals surface area contributed by atoms with Crippen LogP contribution in [0.25, 0.3) is 0 Å². The molecule has 1 aliphatic rings. The molecule has 2 rings (SSSR count). The second-order valence-corrected chi connectivity index (χ2v) is 7.47. The van der Waals surface area contributed by atoms with Crippen molar-refractivity contribution in [2.75, 3.05) is 6.54 Å². The SMILES string of the molecule is CC(C)(C)CCC(CNC1CC1)c1ccc(Cl)cc1. The maximum atomic E-state index is 5.99. The molecular formula is C17H26ClN. The summed E-state index contributed by atoms with van der Waals surface area (Å²) in [6.07, 6.45) is 5.21. The molecule has 0 saturated heterocycles. The van der Waals surface area contributed by atoms with E-state index in [0.717, 1.165) is 17.6 Å². The molecule has 1 aromatic rings. The highest BCUT2D eigenvalue weighted by Crippen LogP contribution is 2.30. The first kappa shape index (κ1) is 14.9. The molecule has 1 saturated carbocycles. The second-order valence-electron chi connectivity index (χ2n) is 7.03. The molecule has 19 heavy (non-hydrogen) atoms. The van der Waals surface area contributed by atoms with E-state index in [4.69, 9.17) is 11.6 Å². The molecule has 0 bridgehead atoms. The summed E-state index contributed by atoms with van der Waals surface area (Å²) in [7, 11) is 0. The molecule has 1 fully saturated rings. The van der Waals surface area contributed by atoms with Crippen LogP contribution in [0.5, 0.6) is 0 Å². The Labute approximate surface area is 122 Å². The van der Waals surface area contributed by atoms with E-state index in [-0.39, 0.29) is 0 Å².